The third kappa shape index (κ3) is 1.98. The maximum absolute atomic E-state index is 10.4. The molecule has 2 bridgehead atoms. The summed E-state index contributed by atoms with van der Waals surface area (Å²) >= 11 is 0. The summed E-state index contributed by atoms with van der Waals surface area (Å²) in [5.74, 6) is 1.80. The van der Waals surface area contributed by atoms with Crippen LogP contribution in [0.4, 0.5) is 0 Å². The monoisotopic (exact) mass is 280 g/mol. The molecule has 3 aliphatic rings. The van der Waals surface area contributed by atoms with Gasteiger partial charge in [0, 0.05) is 19.4 Å². The van der Waals surface area contributed by atoms with Crippen molar-refractivity contribution < 1.29 is 9.84 Å². The molecule has 3 fully saturated rings. The first-order valence-electron chi connectivity index (χ1n) is 8.69. The molecule has 1 N–H and O–H groups in total. The summed E-state index contributed by atoms with van der Waals surface area (Å²) in [5.41, 5.74) is 1.05. The van der Waals surface area contributed by atoms with Crippen LogP contribution in [0.25, 0.3) is 0 Å². The first kappa shape index (κ1) is 14.8. The second-order valence-corrected chi connectivity index (χ2v) is 8.43. The topological polar surface area (TPSA) is 29.5 Å². The Bertz CT molecular complexity index is 368. The van der Waals surface area contributed by atoms with E-state index in [1.807, 2.05) is 6.92 Å². The van der Waals surface area contributed by atoms with Crippen LogP contribution in [0.5, 0.6) is 0 Å². The molecule has 0 aromatic rings. The van der Waals surface area contributed by atoms with E-state index in [9.17, 15) is 5.11 Å². The summed E-state index contributed by atoms with van der Waals surface area (Å²) in [5, 5.41) is 10.4. The Balaban J connectivity index is 1.68. The Morgan fingerprint density at radius 3 is 2.15 bits per heavy atom. The van der Waals surface area contributed by atoms with Gasteiger partial charge in [-0.05, 0) is 67.6 Å². The second kappa shape index (κ2) is 4.71. The predicted octanol–water partition coefficient (Wildman–Crippen LogP) is 4.36. The van der Waals surface area contributed by atoms with E-state index >= 15 is 0 Å². The van der Waals surface area contributed by atoms with Gasteiger partial charge in [0.25, 0.3) is 0 Å². The highest BCUT2D eigenvalue weighted by Gasteiger charge is 2.62. The summed E-state index contributed by atoms with van der Waals surface area (Å²) in [7, 11) is 0. The van der Waals surface area contributed by atoms with E-state index < -0.39 is 5.79 Å². The molecule has 3 saturated carbocycles. The van der Waals surface area contributed by atoms with E-state index in [4.69, 9.17) is 4.74 Å². The first-order chi connectivity index (χ1) is 9.32. The van der Waals surface area contributed by atoms with Gasteiger partial charge in [0.05, 0.1) is 0 Å². The molecule has 3 rings (SSSR count). The molecule has 0 aromatic carbocycles. The fourth-order valence-corrected chi connectivity index (χ4v) is 5.88. The van der Waals surface area contributed by atoms with Crippen molar-refractivity contribution in [2.45, 2.75) is 78.4 Å². The molecule has 2 nitrogen and oxygen atoms in total. The minimum absolute atomic E-state index is 0.519. The fraction of sp³-hybridized carbons (Fsp3) is 1.00. The van der Waals surface area contributed by atoms with E-state index in [0.29, 0.717) is 17.4 Å². The van der Waals surface area contributed by atoms with E-state index in [1.54, 1.807) is 0 Å². The van der Waals surface area contributed by atoms with E-state index in [1.165, 1.54) is 19.3 Å². The van der Waals surface area contributed by atoms with Gasteiger partial charge in [-0.15, -0.1) is 0 Å². The van der Waals surface area contributed by atoms with Crippen molar-refractivity contribution in [2.24, 2.45) is 28.6 Å². The Morgan fingerprint density at radius 2 is 1.70 bits per heavy atom. The van der Waals surface area contributed by atoms with Gasteiger partial charge in [0.1, 0.15) is 0 Å². The zero-order chi connectivity index (χ0) is 14.6. The van der Waals surface area contributed by atoms with E-state index in [0.717, 1.165) is 43.4 Å². The van der Waals surface area contributed by atoms with Crippen LogP contribution in [0.1, 0.15) is 72.6 Å². The zero-order valence-corrected chi connectivity index (χ0v) is 13.7. The van der Waals surface area contributed by atoms with Gasteiger partial charge in [-0.1, -0.05) is 20.8 Å². The lowest BCUT2D eigenvalue weighted by Gasteiger charge is -2.46. The number of aliphatic hydroxyl groups is 1. The average Bonchev–Trinajstić information content (AvgIpc) is 2.72. The summed E-state index contributed by atoms with van der Waals surface area (Å²) in [4.78, 5) is 0. The molecular weight excluding hydrogens is 248 g/mol. The Kier molecular flexibility index (Phi) is 3.49. The van der Waals surface area contributed by atoms with Crippen LogP contribution < -0.4 is 0 Å². The number of hydrogen-bond acceptors (Lipinski definition) is 2. The summed E-state index contributed by atoms with van der Waals surface area (Å²) in [6.07, 6.45) is 8.27. The molecule has 3 aliphatic carbocycles. The number of ether oxygens (including phenoxy) is 1. The van der Waals surface area contributed by atoms with Crippen molar-refractivity contribution in [1.82, 2.24) is 0 Å². The van der Waals surface area contributed by atoms with Gasteiger partial charge in [-0.3, -0.25) is 0 Å². The lowest BCUT2D eigenvalue weighted by Crippen LogP contribution is -2.42. The third-order valence-electron chi connectivity index (χ3n) is 7.66. The molecule has 0 aromatic heterocycles. The van der Waals surface area contributed by atoms with Gasteiger partial charge >= 0.3 is 0 Å². The normalized spacial score (nSPS) is 50.5. The highest BCUT2D eigenvalue weighted by molar-refractivity contribution is 5.11. The van der Waals surface area contributed by atoms with Crippen molar-refractivity contribution >= 4 is 0 Å². The Morgan fingerprint density at radius 1 is 1.05 bits per heavy atom. The summed E-state index contributed by atoms with van der Waals surface area (Å²) < 4.78 is 5.56. The highest BCUT2D eigenvalue weighted by Crippen LogP contribution is 2.70. The molecule has 116 valence electrons. The van der Waals surface area contributed by atoms with E-state index in [2.05, 4.69) is 20.8 Å². The minimum Gasteiger partial charge on any atom is -0.365 e. The molecule has 0 radical (unpaired) electrons. The van der Waals surface area contributed by atoms with Crippen LogP contribution in [0.2, 0.25) is 0 Å². The average molecular weight is 280 g/mol. The standard InChI is InChI=1S/C18H32O2/c1-5-20-18(19)10-6-13(7-11-18)15-12-14-8-9-17(15,4)16(14,2)3/h13-15,19H,5-12H2,1-4H3/t13?,14-,15+,17+,18?/m1/s1. The van der Waals surface area contributed by atoms with Crippen molar-refractivity contribution in [1.29, 1.82) is 0 Å². The largest absolute Gasteiger partial charge is 0.365 e. The molecule has 0 heterocycles. The lowest BCUT2D eigenvalue weighted by molar-refractivity contribution is -0.225. The minimum atomic E-state index is -0.820. The third-order valence-corrected chi connectivity index (χ3v) is 7.66. The van der Waals surface area contributed by atoms with Crippen molar-refractivity contribution in [2.75, 3.05) is 6.61 Å². The Hall–Kier alpha value is -0.0800. The summed E-state index contributed by atoms with van der Waals surface area (Å²) in [6, 6.07) is 0. The quantitative estimate of drug-likeness (QED) is 0.778. The van der Waals surface area contributed by atoms with Crippen LogP contribution in [0.3, 0.4) is 0 Å². The van der Waals surface area contributed by atoms with E-state index in [-0.39, 0.29) is 0 Å². The summed E-state index contributed by atoms with van der Waals surface area (Å²) in [6.45, 7) is 10.2. The number of fused-ring (bicyclic) bond motifs is 2. The van der Waals surface area contributed by atoms with Crippen LogP contribution in [-0.4, -0.2) is 17.5 Å². The molecule has 2 heteroatoms. The fourth-order valence-electron chi connectivity index (χ4n) is 5.88. The lowest BCUT2D eigenvalue weighted by atomic mass is 9.61. The molecule has 0 aliphatic heterocycles. The molecular formula is C18H32O2. The van der Waals surface area contributed by atoms with Gasteiger partial charge < -0.3 is 9.84 Å². The number of hydrogen-bond donors (Lipinski definition) is 1. The molecule has 20 heavy (non-hydrogen) atoms. The molecule has 0 spiro atoms. The molecule has 0 saturated heterocycles. The maximum Gasteiger partial charge on any atom is 0.165 e. The molecule has 3 atom stereocenters. The number of rotatable bonds is 3. The van der Waals surface area contributed by atoms with Gasteiger partial charge in [-0.25, -0.2) is 0 Å². The molecule has 0 unspecified atom stereocenters. The first-order valence-corrected chi connectivity index (χ1v) is 8.69. The van der Waals surface area contributed by atoms with Gasteiger partial charge in [0.15, 0.2) is 5.79 Å². The Labute approximate surface area is 124 Å². The van der Waals surface area contributed by atoms with Crippen LogP contribution >= 0.6 is 0 Å². The van der Waals surface area contributed by atoms with Crippen LogP contribution in [0, 0.1) is 28.6 Å². The highest BCUT2D eigenvalue weighted by atomic mass is 16.6. The smallest absolute Gasteiger partial charge is 0.165 e. The van der Waals surface area contributed by atoms with Gasteiger partial charge in [-0.2, -0.15) is 0 Å². The zero-order valence-electron chi connectivity index (χ0n) is 13.7. The van der Waals surface area contributed by atoms with Gasteiger partial charge in [0.2, 0.25) is 0 Å². The van der Waals surface area contributed by atoms with Crippen molar-refractivity contribution in [3.63, 3.8) is 0 Å². The predicted molar refractivity (Wildman–Crippen MR) is 81.3 cm³/mol. The van der Waals surface area contributed by atoms with Crippen molar-refractivity contribution in [3.05, 3.63) is 0 Å². The second-order valence-electron chi connectivity index (χ2n) is 8.43. The maximum atomic E-state index is 10.4. The molecule has 0 amide bonds. The van der Waals surface area contributed by atoms with Crippen LogP contribution in [0.15, 0.2) is 0 Å². The van der Waals surface area contributed by atoms with Crippen LogP contribution in [-0.2, 0) is 4.74 Å². The van der Waals surface area contributed by atoms with Crippen molar-refractivity contribution in [3.8, 4) is 0 Å². The SMILES string of the molecule is CCOC1(O)CCC([C@@H]2C[C@H]3CC[C@]2(C)C3(C)C)CC1.